The number of fused-ring (bicyclic) bond motifs is 1. The number of nitrogens with one attached hydrogen (secondary N) is 2. The van der Waals surface area contributed by atoms with Gasteiger partial charge in [0.25, 0.3) is 5.91 Å². The number of piperidine rings is 1. The van der Waals surface area contributed by atoms with Gasteiger partial charge >= 0.3 is 12.1 Å². The minimum absolute atomic E-state index is 0.264. The molecule has 2 N–H and O–H groups in total. The molecule has 1 aliphatic heterocycles. The Hall–Kier alpha value is -4.33. The fourth-order valence-electron chi connectivity index (χ4n) is 5.86. The van der Waals surface area contributed by atoms with E-state index in [9.17, 15) is 27.6 Å². The zero-order chi connectivity index (χ0) is 34.0. The van der Waals surface area contributed by atoms with Gasteiger partial charge in [0.15, 0.2) is 0 Å². The summed E-state index contributed by atoms with van der Waals surface area (Å²) in [6.07, 6.45) is 4.42. The molecule has 2 atom stereocenters. The number of carbonyl (C=O) groups excluding carboxylic acids is 3. The van der Waals surface area contributed by atoms with Crippen LogP contribution in [-0.2, 0) is 20.7 Å². The van der Waals surface area contributed by atoms with Gasteiger partial charge in [-0.05, 0) is 77.0 Å². The third-order valence-electron chi connectivity index (χ3n) is 7.73. The molecule has 2 aliphatic rings. The summed E-state index contributed by atoms with van der Waals surface area (Å²) in [6, 6.07) is 3.94. The Balaban J connectivity index is 1.48. The van der Waals surface area contributed by atoms with E-state index in [4.69, 9.17) is 9.47 Å². The fraction of sp³-hybridized carbons (Fsp3) is 0.424. The van der Waals surface area contributed by atoms with Gasteiger partial charge in [-0.1, -0.05) is 0 Å². The molecule has 47 heavy (non-hydrogen) atoms. The molecule has 3 heterocycles. The number of ether oxygens (including phenoxy) is 2. The predicted octanol–water partition coefficient (Wildman–Crippen LogP) is 6.58. The molecular weight excluding hydrogens is 635 g/mol. The first kappa shape index (κ1) is 34.0. The maximum Gasteiger partial charge on any atom is 0.407 e. The number of benzene rings is 1. The van der Waals surface area contributed by atoms with Crippen molar-refractivity contribution in [3.63, 3.8) is 0 Å². The van der Waals surface area contributed by atoms with E-state index in [2.05, 4.69) is 20.6 Å². The van der Waals surface area contributed by atoms with Crippen LogP contribution in [0.3, 0.4) is 0 Å². The molecule has 0 radical (unpaired) electrons. The Morgan fingerprint density at radius 3 is 2.45 bits per heavy atom. The van der Waals surface area contributed by atoms with E-state index in [0.717, 1.165) is 41.6 Å². The van der Waals surface area contributed by atoms with Gasteiger partial charge in [-0.15, -0.1) is 11.8 Å². The Morgan fingerprint density at radius 2 is 1.79 bits per heavy atom. The number of halogens is 3. The number of carbonyl (C=O) groups is 3. The SMILES string of the molecule is CSc1cc(F)c(-c2nc(C(=O)Nc3cnc4c(c3N3CCCC(NC(=O)OC(C)(C)C)C3)CCC4OC(C)=O)ccc2F)c(F)c1. The van der Waals surface area contributed by atoms with Crippen LogP contribution >= 0.6 is 11.8 Å². The molecule has 3 aromatic rings. The highest BCUT2D eigenvalue weighted by Gasteiger charge is 2.34. The first-order valence-corrected chi connectivity index (χ1v) is 16.4. The van der Waals surface area contributed by atoms with Crippen molar-refractivity contribution in [3.8, 4) is 11.3 Å². The maximum absolute atomic E-state index is 14.9. The lowest BCUT2D eigenvalue weighted by Crippen LogP contribution is -2.49. The normalized spacial score (nSPS) is 17.6. The van der Waals surface area contributed by atoms with Crippen molar-refractivity contribution >= 4 is 41.1 Å². The van der Waals surface area contributed by atoms with Crippen molar-refractivity contribution in [3.05, 3.63) is 64.9 Å². The Bertz CT molecular complexity index is 1690. The number of amides is 2. The zero-order valence-corrected chi connectivity index (χ0v) is 27.5. The van der Waals surface area contributed by atoms with Crippen molar-refractivity contribution < 1.29 is 37.0 Å². The lowest BCUT2D eigenvalue weighted by atomic mass is 10.0. The van der Waals surface area contributed by atoms with Gasteiger partial charge in [-0.3, -0.25) is 14.6 Å². The maximum atomic E-state index is 14.9. The third kappa shape index (κ3) is 7.80. The molecule has 5 rings (SSSR count). The number of nitrogens with zero attached hydrogens (tertiary/aromatic N) is 3. The molecule has 0 spiro atoms. The summed E-state index contributed by atoms with van der Waals surface area (Å²) >= 11 is 1.12. The summed E-state index contributed by atoms with van der Waals surface area (Å²) in [5.41, 5.74) is 0.0334. The number of aromatic nitrogens is 2. The Kier molecular flexibility index (Phi) is 9.99. The monoisotopic (exact) mass is 671 g/mol. The molecule has 1 aromatic carbocycles. The number of pyridine rings is 2. The third-order valence-corrected chi connectivity index (χ3v) is 8.43. The number of hydrogen-bond acceptors (Lipinski definition) is 9. The van der Waals surface area contributed by atoms with Gasteiger partial charge in [0.05, 0.1) is 28.8 Å². The van der Waals surface area contributed by atoms with Crippen molar-refractivity contribution in [2.75, 3.05) is 29.6 Å². The summed E-state index contributed by atoms with van der Waals surface area (Å²) < 4.78 is 55.6. The second kappa shape index (κ2) is 13.8. The molecule has 1 aliphatic carbocycles. The molecule has 0 bridgehead atoms. The summed E-state index contributed by atoms with van der Waals surface area (Å²) in [4.78, 5) is 48.8. The van der Waals surface area contributed by atoms with Crippen LogP contribution in [0.4, 0.5) is 29.3 Å². The van der Waals surface area contributed by atoms with Crippen molar-refractivity contribution in [2.24, 2.45) is 0 Å². The van der Waals surface area contributed by atoms with Gasteiger partial charge in [-0.2, -0.15) is 0 Å². The van der Waals surface area contributed by atoms with Crippen LogP contribution in [0, 0.1) is 17.5 Å². The van der Waals surface area contributed by atoms with E-state index >= 15 is 0 Å². The second-order valence-corrected chi connectivity index (χ2v) is 13.3. The topological polar surface area (TPSA) is 123 Å². The summed E-state index contributed by atoms with van der Waals surface area (Å²) in [7, 11) is 0. The van der Waals surface area contributed by atoms with Gasteiger partial charge in [0, 0.05) is 36.5 Å². The average molecular weight is 672 g/mol. The molecule has 14 heteroatoms. The van der Waals surface area contributed by atoms with Gasteiger partial charge < -0.3 is 25.0 Å². The van der Waals surface area contributed by atoms with Crippen LogP contribution in [0.2, 0.25) is 0 Å². The van der Waals surface area contributed by atoms with Crippen LogP contribution in [0.5, 0.6) is 0 Å². The molecule has 1 saturated heterocycles. The van der Waals surface area contributed by atoms with E-state index in [0.29, 0.717) is 60.7 Å². The predicted molar refractivity (Wildman–Crippen MR) is 171 cm³/mol. The largest absolute Gasteiger partial charge is 0.456 e. The molecule has 10 nitrogen and oxygen atoms in total. The number of thioether (sulfide) groups is 1. The quantitative estimate of drug-likeness (QED) is 0.212. The molecule has 2 unspecified atom stereocenters. The number of anilines is 2. The number of rotatable bonds is 7. The summed E-state index contributed by atoms with van der Waals surface area (Å²) in [5.74, 6) is -4.22. The molecule has 0 saturated carbocycles. The lowest BCUT2D eigenvalue weighted by Gasteiger charge is -2.37. The highest BCUT2D eigenvalue weighted by atomic mass is 32.2. The molecule has 2 amide bonds. The molecule has 2 aromatic heterocycles. The van der Waals surface area contributed by atoms with Crippen molar-refractivity contribution in [1.29, 1.82) is 0 Å². The van der Waals surface area contributed by atoms with Crippen LogP contribution < -0.4 is 15.5 Å². The Labute approximate surface area is 274 Å². The minimum Gasteiger partial charge on any atom is -0.456 e. The standard InChI is InChI=1S/C33H36F3N5O5S/c1-17(42)45-26-11-8-20-28(26)37-15-25(30(20)41-12-6-7-18(16-41)38-32(44)46-33(2,3)4)40-31(43)24-10-9-21(34)29(39-24)27-22(35)13-19(47-5)14-23(27)36/h9-10,13-15,18,26H,6-8,11-12,16H2,1-5H3,(H,38,44)(H,40,43). The first-order chi connectivity index (χ1) is 22.2. The lowest BCUT2D eigenvalue weighted by molar-refractivity contribution is -0.146. The van der Waals surface area contributed by atoms with E-state index in [1.165, 1.54) is 13.1 Å². The zero-order valence-electron chi connectivity index (χ0n) is 26.7. The molecular formula is C33H36F3N5O5S. The van der Waals surface area contributed by atoms with E-state index in [1.807, 2.05) is 4.90 Å². The van der Waals surface area contributed by atoms with Gasteiger partial charge in [-0.25, -0.2) is 22.9 Å². The van der Waals surface area contributed by atoms with Crippen molar-refractivity contribution in [1.82, 2.24) is 15.3 Å². The highest BCUT2D eigenvalue weighted by Crippen LogP contribution is 2.43. The minimum atomic E-state index is -1.01. The summed E-state index contributed by atoms with van der Waals surface area (Å²) in [5, 5.41) is 5.73. The van der Waals surface area contributed by atoms with Crippen LogP contribution in [0.15, 0.2) is 35.4 Å². The van der Waals surface area contributed by atoms with Crippen LogP contribution in [0.25, 0.3) is 11.3 Å². The first-order valence-electron chi connectivity index (χ1n) is 15.2. The Morgan fingerprint density at radius 1 is 1.06 bits per heavy atom. The summed E-state index contributed by atoms with van der Waals surface area (Å²) in [6.45, 7) is 7.64. The van der Waals surface area contributed by atoms with Crippen LogP contribution in [0.1, 0.15) is 74.8 Å². The highest BCUT2D eigenvalue weighted by molar-refractivity contribution is 7.98. The number of hydrogen-bond donors (Lipinski definition) is 2. The molecule has 1 fully saturated rings. The number of alkyl carbamates (subject to hydrolysis) is 1. The van der Waals surface area contributed by atoms with E-state index in [-0.39, 0.29) is 11.7 Å². The van der Waals surface area contributed by atoms with E-state index < -0.39 is 58.4 Å². The number of esters is 1. The molecule has 250 valence electrons. The van der Waals surface area contributed by atoms with Crippen molar-refractivity contribution in [2.45, 2.75) is 76.0 Å². The van der Waals surface area contributed by atoms with E-state index in [1.54, 1.807) is 27.0 Å². The van der Waals surface area contributed by atoms with Gasteiger partial charge in [0.2, 0.25) is 0 Å². The fourth-order valence-corrected chi connectivity index (χ4v) is 6.30. The van der Waals surface area contributed by atoms with Gasteiger partial charge in [0.1, 0.15) is 40.5 Å². The second-order valence-electron chi connectivity index (χ2n) is 12.4. The van der Waals surface area contributed by atoms with Crippen LogP contribution in [-0.4, -0.2) is 58.9 Å². The smallest absolute Gasteiger partial charge is 0.407 e. The average Bonchev–Trinajstić information content (AvgIpc) is 3.38.